The van der Waals surface area contributed by atoms with Gasteiger partial charge in [-0.1, -0.05) is 36.9 Å². The van der Waals surface area contributed by atoms with Gasteiger partial charge in [-0.2, -0.15) is 13.2 Å². The Morgan fingerprint density at radius 3 is 2.34 bits per heavy atom. The van der Waals surface area contributed by atoms with Gasteiger partial charge in [0.15, 0.2) is 0 Å². The SMILES string of the molecule is C=C(CCNC(=O)c1ccc(C(F)(F)F)cc1NS(=O)(=O)c1ccc(-n2cnnn2)cc1)c1ccccc1. The molecule has 38 heavy (non-hydrogen) atoms. The lowest BCUT2D eigenvalue weighted by atomic mass is 10.0. The van der Waals surface area contributed by atoms with Gasteiger partial charge >= 0.3 is 6.18 Å². The Bertz CT molecular complexity index is 1540. The van der Waals surface area contributed by atoms with E-state index in [4.69, 9.17) is 0 Å². The highest BCUT2D eigenvalue weighted by Gasteiger charge is 2.32. The first kappa shape index (κ1) is 26.5. The normalized spacial score (nSPS) is 11.7. The number of hydrogen-bond donors (Lipinski definition) is 2. The first-order valence-electron chi connectivity index (χ1n) is 11.1. The monoisotopic (exact) mass is 542 g/mol. The lowest BCUT2D eigenvalue weighted by Crippen LogP contribution is -2.26. The third kappa shape index (κ3) is 6.24. The van der Waals surface area contributed by atoms with E-state index in [1.807, 2.05) is 30.3 Å². The van der Waals surface area contributed by atoms with E-state index < -0.39 is 33.4 Å². The third-order valence-electron chi connectivity index (χ3n) is 5.49. The number of halogens is 3. The average Bonchev–Trinajstić information content (AvgIpc) is 3.43. The van der Waals surface area contributed by atoms with E-state index in [1.165, 1.54) is 35.3 Å². The molecule has 4 aromatic rings. The molecular weight excluding hydrogens is 521 g/mol. The number of amides is 1. The summed E-state index contributed by atoms with van der Waals surface area (Å²) in [5, 5.41) is 13.3. The standard InChI is InChI=1S/C25H21F3N6O3S/c1-17(18-5-3-2-4-6-18)13-14-29-24(35)22-12-7-19(25(26,27)28)15-23(22)31-38(36,37)21-10-8-20(9-11-21)34-16-30-32-33-34/h2-12,15-16,31H,1,13-14H2,(H,29,35). The number of hydrogen-bond acceptors (Lipinski definition) is 6. The molecule has 1 aromatic heterocycles. The van der Waals surface area contributed by atoms with Gasteiger partial charge in [-0.15, -0.1) is 5.10 Å². The molecular formula is C25H21F3N6O3S. The molecule has 0 radical (unpaired) electrons. The van der Waals surface area contributed by atoms with E-state index in [0.29, 0.717) is 18.2 Å². The fourth-order valence-corrected chi connectivity index (χ4v) is 4.58. The molecule has 196 valence electrons. The summed E-state index contributed by atoms with van der Waals surface area (Å²) in [6.07, 6.45) is -3.06. The number of nitrogens with one attached hydrogen (secondary N) is 2. The van der Waals surface area contributed by atoms with E-state index in [1.54, 1.807) is 0 Å². The van der Waals surface area contributed by atoms with Crippen LogP contribution < -0.4 is 10.0 Å². The molecule has 1 amide bonds. The Morgan fingerprint density at radius 1 is 1.00 bits per heavy atom. The highest BCUT2D eigenvalue weighted by Crippen LogP contribution is 2.33. The highest BCUT2D eigenvalue weighted by molar-refractivity contribution is 7.92. The lowest BCUT2D eigenvalue weighted by molar-refractivity contribution is -0.137. The molecule has 0 aliphatic heterocycles. The Kier molecular flexibility index (Phi) is 7.57. The van der Waals surface area contributed by atoms with Crippen molar-refractivity contribution in [3.05, 3.63) is 102 Å². The number of anilines is 1. The summed E-state index contributed by atoms with van der Waals surface area (Å²) >= 11 is 0. The molecule has 9 nitrogen and oxygen atoms in total. The summed E-state index contributed by atoms with van der Waals surface area (Å²) < 4.78 is 69.6. The second-order valence-electron chi connectivity index (χ2n) is 8.09. The van der Waals surface area contributed by atoms with Crippen LogP contribution >= 0.6 is 0 Å². The van der Waals surface area contributed by atoms with Crippen LogP contribution in [0.4, 0.5) is 18.9 Å². The van der Waals surface area contributed by atoms with Crippen LogP contribution in [0.25, 0.3) is 11.3 Å². The van der Waals surface area contributed by atoms with Gasteiger partial charge in [0, 0.05) is 6.54 Å². The number of tetrazole rings is 1. The summed E-state index contributed by atoms with van der Waals surface area (Å²) in [6.45, 7) is 4.11. The zero-order valence-corrected chi connectivity index (χ0v) is 20.5. The van der Waals surface area contributed by atoms with Crippen molar-refractivity contribution in [2.45, 2.75) is 17.5 Å². The molecule has 13 heteroatoms. The maximum Gasteiger partial charge on any atom is 0.416 e. The third-order valence-corrected chi connectivity index (χ3v) is 6.87. The van der Waals surface area contributed by atoms with Crippen LogP contribution in [0.2, 0.25) is 0 Å². The number of benzene rings is 3. The first-order valence-corrected chi connectivity index (χ1v) is 12.6. The smallest absolute Gasteiger partial charge is 0.352 e. The number of alkyl halides is 3. The fourth-order valence-electron chi connectivity index (χ4n) is 3.50. The van der Waals surface area contributed by atoms with Crippen LogP contribution in [0.5, 0.6) is 0 Å². The van der Waals surface area contributed by atoms with Gasteiger partial charge in [0.1, 0.15) is 6.33 Å². The maximum atomic E-state index is 13.4. The van der Waals surface area contributed by atoms with E-state index in [0.717, 1.165) is 23.3 Å². The van der Waals surface area contributed by atoms with Crippen LogP contribution in [-0.2, 0) is 16.2 Å². The summed E-state index contributed by atoms with van der Waals surface area (Å²) in [4.78, 5) is 12.6. The number of carbonyl (C=O) groups excluding carboxylic acids is 1. The molecule has 0 atom stereocenters. The number of carbonyl (C=O) groups is 1. The fraction of sp³-hybridized carbons (Fsp3) is 0.120. The molecule has 0 saturated heterocycles. The topological polar surface area (TPSA) is 119 Å². The lowest BCUT2D eigenvalue weighted by Gasteiger charge is -2.16. The van der Waals surface area contributed by atoms with E-state index in [2.05, 4.69) is 32.1 Å². The zero-order valence-electron chi connectivity index (χ0n) is 19.7. The Hall–Kier alpha value is -4.52. The predicted octanol–water partition coefficient (Wildman–Crippen LogP) is 4.32. The van der Waals surface area contributed by atoms with Crippen molar-refractivity contribution in [1.82, 2.24) is 25.5 Å². The summed E-state index contributed by atoms with van der Waals surface area (Å²) in [6, 6.07) is 16.8. The van der Waals surface area contributed by atoms with Gasteiger partial charge < -0.3 is 5.32 Å². The molecule has 1 heterocycles. The van der Waals surface area contributed by atoms with Crippen LogP contribution in [0.15, 0.2) is 90.6 Å². The van der Waals surface area contributed by atoms with E-state index in [9.17, 15) is 26.4 Å². The largest absolute Gasteiger partial charge is 0.416 e. The van der Waals surface area contributed by atoms with Crippen LogP contribution in [0, 0.1) is 0 Å². The molecule has 0 bridgehead atoms. The van der Waals surface area contributed by atoms with Gasteiger partial charge in [-0.3, -0.25) is 9.52 Å². The van der Waals surface area contributed by atoms with Gasteiger partial charge in [-0.05, 0) is 70.4 Å². The van der Waals surface area contributed by atoms with Crippen molar-refractivity contribution >= 4 is 27.2 Å². The number of sulfonamides is 1. The second-order valence-corrected chi connectivity index (χ2v) is 9.77. The Labute approximate surface area is 216 Å². The minimum absolute atomic E-state index is 0.137. The quantitative estimate of drug-likeness (QED) is 0.325. The molecule has 0 saturated carbocycles. The van der Waals surface area contributed by atoms with Gasteiger partial charge in [0.25, 0.3) is 15.9 Å². The maximum absolute atomic E-state index is 13.4. The second kappa shape index (κ2) is 10.8. The number of nitrogens with zero attached hydrogens (tertiary/aromatic N) is 4. The van der Waals surface area contributed by atoms with Crippen LogP contribution in [0.1, 0.15) is 27.9 Å². The summed E-state index contributed by atoms with van der Waals surface area (Å²) in [5.41, 5.74) is 0.213. The van der Waals surface area contributed by atoms with E-state index >= 15 is 0 Å². The van der Waals surface area contributed by atoms with Gasteiger partial charge in [0.05, 0.1) is 27.4 Å². The summed E-state index contributed by atoms with van der Waals surface area (Å²) in [5.74, 6) is -0.744. The molecule has 0 unspecified atom stereocenters. The Balaban J connectivity index is 1.54. The molecule has 0 fully saturated rings. The van der Waals surface area contributed by atoms with Crippen molar-refractivity contribution in [3.63, 3.8) is 0 Å². The molecule has 0 aliphatic carbocycles. The van der Waals surface area contributed by atoms with Crippen molar-refractivity contribution in [2.75, 3.05) is 11.3 Å². The molecule has 4 rings (SSSR count). The molecule has 3 aromatic carbocycles. The van der Waals surface area contributed by atoms with Gasteiger partial charge in [0.2, 0.25) is 0 Å². The van der Waals surface area contributed by atoms with Crippen molar-refractivity contribution in [1.29, 1.82) is 0 Å². The molecule has 2 N–H and O–H groups in total. The minimum Gasteiger partial charge on any atom is -0.352 e. The van der Waals surface area contributed by atoms with Crippen molar-refractivity contribution < 1.29 is 26.4 Å². The summed E-state index contributed by atoms with van der Waals surface area (Å²) in [7, 11) is -4.36. The van der Waals surface area contributed by atoms with Crippen LogP contribution in [-0.4, -0.2) is 41.1 Å². The Morgan fingerprint density at radius 2 is 1.71 bits per heavy atom. The predicted molar refractivity (Wildman–Crippen MR) is 134 cm³/mol. The number of aromatic nitrogens is 4. The zero-order chi connectivity index (χ0) is 27.3. The van der Waals surface area contributed by atoms with E-state index in [-0.39, 0.29) is 17.0 Å². The number of rotatable bonds is 9. The van der Waals surface area contributed by atoms with Crippen molar-refractivity contribution in [2.24, 2.45) is 0 Å². The van der Waals surface area contributed by atoms with Gasteiger partial charge in [-0.25, -0.2) is 13.1 Å². The first-order chi connectivity index (χ1) is 18.0. The van der Waals surface area contributed by atoms with Crippen LogP contribution in [0.3, 0.4) is 0 Å². The average molecular weight is 543 g/mol. The highest BCUT2D eigenvalue weighted by atomic mass is 32.2. The molecule has 0 spiro atoms. The molecule has 0 aliphatic rings. The minimum atomic E-state index is -4.75. The van der Waals surface area contributed by atoms with Crippen molar-refractivity contribution in [3.8, 4) is 5.69 Å².